The molecule has 0 bridgehead atoms. The molecule has 0 aliphatic rings. The summed E-state index contributed by atoms with van der Waals surface area (Å²) in [6.45, 7) is 3.96. The Morgan fingerprint density at radius 1 is 0.878 bits per heavy atom. The monoisotopic (exact) mass is 746 g/mol. The normalized spacial score (nSPS) is 12.0. The predicted molar refractivity (Wildman–Crippen MR) is 203 cm³/mol. The Labute approximate surface area is 307 Å². The van der Waals surface area contributed by atoms with Crippen LogP contribution in [0.2, 0.25) is 15.1 Å². The number of aromatic nitrogens is 2. The number of phenolic OH excluding ortho intramolecular Hbond substituents is 1. The Bertz CT molecular complexity index is 1780. The zero-order valence-corrected chi connectivity index (χ0v) is 30.7. The van der Waals surface area contributed by atoms with E-state index in [1.165, 1.54) is 63.1 Å². The number of nitrogens with one attached hydrogen (secondary N) is 3. The average molecular weight is 749 g/mol. The van der Waals surface area contributed by atoms with Crippen molar-refractivity contribution in [3.8, 4) is 11.4 Å². The summed E-state index contributed by atoms with van der Waals surface area (Å²) in [5.41, 5.74) is 1.61. The number of aromatic hydroxyl groups is 1. The zero-order chi connectivity index (χ0) is 35.3. The number of aromatic amines is 1. The number of carbonyl (C=O) groups is 1. The van der Waals surface area contributed by atoms with Crippen LogP contribution in [0.5, 0.6) is 5.75 Å². The number of anilines is 3. The van der Waals surface area contributed by atoms with Crippen LogP contribution >= 0.6 is 46.4 Å². The minimum atomic E-state index is -0.652. The number of carbonyl (C=O) groups excluding carboxylic acids is 1. The molecular formula is C36H42Cl4N6O3. The van der Waals surface area contributed by atoms with Crippen LogP contribution in [0, 0.1) is 6.92 Å². The number of halogens is 4. The highest BCUT2D eigenvalue weighted by atomic mass is 35.5. The van der Waals surface area contributed by atoms with E-state index in [0.717, 1.165) is 23.9 Å². The number of alkyl halides is 1. The zero-order valence-electron chi connectivity index (χ0n) is 27.7. The Hall–Kier alpha value is -3.50. The van der Waals surface area contributed by atoms with Gasteiger partial charge in [0.05, 0.1) is 15.7 Å². The van der Waals surface area contributed by atoms with Gasteiger partial charge in [0.15, 0.2) is 11.5 Å². The van der Waals surface area contributed by atoms with E-state index in [1.54, 1.807) is 43.3 Å². The number of azo groups is 1. The number of aryl methyl sites for hydroxylation is 1. The second-order valence-corrected chi connectivity index (χ2v) is 13.8. The largest absolute Gasteiger partial charge is 0.508 e. The summed E-state index contributed by atoms with van der Waals surface area (Å²) >= 11 is 25.5. The van der Waals surface area contributed by atoms with Gasteiger partial charge in [-0.15, -0.1) is 16.7 Å². The van der Waals surface area contributed by atoms with E-state index in [4.69, 9.17) is 46.4 Å². The van der Waals surface area contributed by atoms with Crippen LogP contribution in [0.3, 0.4) is 0 Å². The molecule has 1 atom stereocenters. The fraction of sp³-hybridized carbons (Fsp3) is 0.389. The second kappa shape index (κ2) is 19.0. The van der Waals surface area contributed by atoms with Gasteiger partial charge in [-0.1, -0.05) is 112 Å². The van der Waals surface area contributed by atoms with Crippen LogP contribution in [0.1, 0.15) is 83.1 Å². The lowest BCUT2D eigenvalue weighted by atomic mass is 10.1. The standard InChI is InChI=1S/C36H42Cl4N6O3/c1-3-4-5-6-7-8-9-10-11-12-16-28(38)35(48)42-26-15-13-14-25(22-26)41-34-32(44-43-27-17-18-31(47)23(2)19-27)36(49)46(45-34)33-29(39)20-24(37)21-30(33)40/h13-15,17-22,28,41,45,47H,3-12,16H2,1-2H3,(H,42,48). The molecule has 1 heterocycles. The third-order valence-corrected chi connectivity index (χ3v) is 9.22. The second-order valence-electron chi connectivity index (χ2n) is 12.0. The van der Waals surface area contributed by atoms with Gasteiger partial charge in [0.2, 0.25) is 5.91 Å². The van der Waals surface area contributed by atoms with E-state index >= 15 is 0 Å². The van der Waals surface area contributed by atoms with E-state index in [2.05, 4.69) is 32.9 Å². The highest BCUT2D eigenvalue weighted by Gasteiger charge is 2.21. The average Bonchev–Trinajstić information content (AvgIpc) is 3.35. The van der Waals surface area contributed by atoms with E-state index in [1.807, 2.05) is 0 Å². The highest BCUT2D eigenvalue weighted by molar-refractivity contribution is 6.40. The summed E-state index contributed by atoms with van der Waals surface area (Å²) in [6.07, 6.45) is 12.7. The molecule has 1 amide bonds. The van der Waals surface area contributed by atoms with E-state index in [0.29, 0.717) is 34.1 Å². The molecule has 0 fully saturated rings. The summed E-state index contributed by atoms with van der Waals surface area (Å²) in [4.78, 5) is 26.6. The number of H-pyrrole nitrogens is 1. The smallest absolute Gasteiger partial charge is 0.301 e. The van der Waals surface area contributed by atoms with Gasteiger partial charge in [-0.05, 0) is 67.4 Å². The molecule has 49 heavy (non-hydrogen) atoms. The molecule has 0 spiro atoms. The number of unbranched alkanes of at least 4 members (excludes halogenated alkanes) is 9. The van der Waals surface area contributed by atoms with Crippen molar-refractivity contribution in [2.45, 2.75) is 89.9 Å². The van der Waals surface area contributed by atoms with E-state index in [9.17, 15) is 14.7 Å². The van der Waals surface area contributed by atoms with Crippen molar-refractivity contribution < 1.29 is 9.90 Å². The molecule has 1 unspecified atom stereocenters. The maximum Gasteiger partial charge on any atom is 0.301 e. The van der Waals surface area contributed by atoms with Gasteiger partial charge in [-0.3, -0.25) is 14.7 Å². The first-order valence-corrected chi connectivity index (χ1v) is 18.2. The van der Waals surface area contributed by atoms with Crippen molar-refractivity contribution in [3.63, 3.8) is 0 Å². The molecule has 3 aromatic carbocycles. The van der Waals surface area contributed by atoms with Crippen molar-refractivity contribution in [1.82, 2.24) is 9.78 Å². The molecule has 262 valence electrons. The van der Waals surface area contributed by atoms with Crippen LogP contribution in [-0.4, -0.2) is 26.2 Å². The summed E-state index contributed by atoms with van der Waals surface area (Å²) in [5.74, 6) is 0.0228. The topological polar surface area (TPSA) is 124 Å². The molecular weight excluding hydrogens is 706 g/mol. The van der Waals surface area contributed by atoms with Gasteiger partial charge >= 0.3 is 5.56 Å². The fourth-order valence-electron chi connectivity index (χ4n) is 5.31. The predicted octanol–water partition coefficient (Wildman–Crippen LogP) is 12.2. The van der Waals surface area contributed by atoms with Crippen molar-refractivity contribution in [1.29, 1.82) is 0 Å². The SMILES string of the molecule is CCCCCCCCCCCCC(Cl)C(=O)Nc1cccc(Nc2[nH]n(-c3c(Cl)cc(Cl)cc3Cl)c(=O)c2N=Nc2ccc(O)c(C)c2)c1. The first-order valence-electron chi connectivity index (χ1n) is 16.6. The maximum atomic E-state index is 13.7. The summed E-state index contributed by atoms with van der Waals surface area (Å²) in [6, 6.07) is 14.6. The molecule has 1 aromatic heterocycles. The lowest BCUT2D eigenvalue weighted by Crippen LogP contribution is -2.23. The fourth-order valence-corrected chi connectivity index (χ4v) is 6.50. The van der Waals surface area contributed by atoms with Gasteiger partial charge in [-0.25, -0.2) is 4.68 Å². The van der Waals surface area contributed by atoms with Crippen molar-refractivity contribution in [2.75, 3.05) is 10.6 Å². The molecule has 0 radical (unpaired) electrons. The minimum Gasteiger partial charge on any atom is -0.508 e. The number of hydrogen-bond acceptors (Lipinski definition) is 6. The first-order chi connectivity index (χ1) is 23.6. The third kappa shape index (κ3) is 11.3. The number of amides is 1. The summed E-state index contributed by atoms with van der Waals surface area (Å²) in [5, 5.41) is 27.3. The maximum absolute atomic E-state index is 13.7. The number of phenols is 1. The van der Waals surface area contributed by atoms with E-state index in [-0.39, 0.29) is 38.9 Å². The molecule has 9 nitrogen and oxygen atoms in total. The van der Waals surface area contributed by atoms with Gasteiger partial charge in [0, 0.05) is 16.4 Å². The molecule has 4 rings (SSSR count). The Morgan fingerprint density at radius 2 is 1.51 bits per heavy atom. The van der Waals surface area contributed by atoms with Gasteiger partial charge < -0.3 is 15.7 Å². The quantitative estimate of drug-likeness (QED) is 0.0459. The molecule has 0 saturated heterocycles. The minimum absolute atomic E-state index is 0.0698. The Morgan fingerprint density at radius 3 is 2.16 bits per heavy atom. The van der Waals surface area contributed by atoms with Crippen LogP contribution in [0.15, 0.2) is 69.6 Å². The number of nitrogens with zero attached hydrogens (tertiary/aromatic N) is 3. The Balaban J connectivity index is 1.45. The number of benzene rings is 3. The van der Waals surface area contributed by atoms with Gasteiger partial charge in [0.25, 0.3) is 0 Å². The lowest BCUT2D eigenvalue weighted by Gasteiger charge is -2.12. The number of rotatable bonds is 18. The molecule has 0 saturated carbocycles. The van der Waals surface area contributed by atoms with Crippen molar-refractivity contribution in [3.05, 3.63) is 85.6 Å². The van der Waals surface area contributed by atoms with Crippen LogP contribution in [-0.2, 0) is 4.79 Å². The molecule has 4 aromatic rings. The van der Waals surface area contributed by atoms with Crippen LogP contribution < -0.4 is 16.2 Å². The third-order valence-electron chi connectivity index (χ3n) is 8.01. The molecule has 0 aliphatic heterocycles. The van der Waals surface area contributed by atoms with E-state index < -0.39 is 10.9 Å². The molecule has 4 N–H and O–H groups in total. The van der Waals surface area contributed by atoms with Crippen molar-refractivity contribution >= 4 is 80.9 Å². The first kappa shape index (κ1) is 38.3. The molecule has 0 aliphatic carbocycles. The van der Waals surface area contributed by atoms with Gasteiger partial charge in [-0.2, -0.15) is 5.11 Å². The van der Waals surface area contributed by atoms with Crippen molar-refractivity contribution in [2.24, 2.45) is 10.2 Å². The van der Waals surface area contributed by atoms with Gasteiger partial charge in [0.1, 0.15) is 16.8 Å². The highest BCUT2D eigenvalue weighted by Crippen LogP contribution is 2.34. The van der Waals surface area contributed by atoms with Crippen LogP contribution in [0.25, 0.3) is 5.69 Å². The number of hydrogen-bond donors (Lipinski definition) is 4. The Kier molecular flexibility index (Phi) is 14.9. The summed E-state index contributed by atoms with van der Waals surface area (Å²) < 4.78 is 1.15. The van der Waals surface area contributed by atoms with Crippen LogP contribution in [0.4, 0.5) is 28.6 Å². The summed E-state index contributed by atoms with van der Waals surface area (Å²) in [7, 11) is 0. The molecule has 13 heteroatoms. The lowest BCUT2D eigenvalue weighted by molar-refractivity contribution is -0.116.